The van der Waals surface area contributed by atoms with Gasteiger partial charge in [0.2, 0.25) is 5.78 Å². The van der Waals surface area contributed by atoms with Gasteiger partial charge in [-0.05, 0) is 70.9 Å². The number of rotatable bonds is 17. The number of fused-ring (bicyclic) bond motifs is 7. The van der Waals surface area contributed by atoms with Gasteiger partial charge in [-0.15, -0.1) is 0 Å². The Morgan fingerprint density at radius 3 is 2.17 bits per heavy atom. The number of carbonyl (C=O) groups is 3. The number of ether oxygens (including phenoxy) is 3. The lowest BCUT2D eigenvalue weighted by atomic mass is 9.44. The maximum absolute atomic E-state index is 17.6. The maximum atomic E-state index is 17.6. The van der Waals surface area contributed by atoms with Crippen molar-refractivity contribution < 1.29 is 38.1 Å². The number of alkyl halides is 1. The third-order valence-corrected chi connectivity index (χ3v) is 12.9. The number of unbranched alkanes of at least 4 members (excludes halogenated alkanes) is 12. The van der Waals surface area contributed by atoms with E-state index in [1.165, 1.54) is 76.4 Å². The quantitative estimate of drug-likeness (QED) is 0.122. The normalized spacial score (nSPS) is 37.7. The van der Waals surface area contributed by atoms with E-state index in [1.807, 2.05) is 6.92 Å². The minimum atomic E-state index is -2.02. The minimum Gasteiger partial charge on any atom is -0.458 e. The van der Waals surface area contributed by atoms with E-state index in [2.05, 4.69) is 6.92 Å². The summed E-state index contributed by atoms with van der Waals surface area (Å²) in [7, 11) is 0. The molecule has 0 bridgehead atoms. The van der Waals surface area contributed by atoms with Crippen molar-refractivity contribution in [3.63, 3.8) is 0 Å². The number of ketones is 2. The summed E-state index contributed by atoms with van der Waals surface area (Å²) in [6.07, 6.45) is 20.0. The van der Waals surface area contributed by atoms with Gasteiger partial charge in [0.15, 0.2) is 29.4 Å². The molecule has 0 radical (unpaired) electrons. The van der Waals surface area contributed by atoms with Gasteiger partial charge in [-0.3, -0.25) is 14.4 Å². The fourth-order valence-corrected chi connectivity index (χ4v) is 10.4. The van der Waals surface area contributed by atoms with Crippen LogP contribution in [-0.2, 0) is 28.6 Å². The van der Waals surface area contributed by atoms with Crippen LogP contribution in [0.25, 0.3) is 0 Å². The monoisotopic (exact) mass is 672 g/mol. The van der Waals surface area contributed by atoms with Crippen LogP contribution in [0.2, 0.25) is 0 Å². The van der Waals surface area contributed by atoms with Crippen molar-refractivity contribution in [2.45, 2.75) is 179 Å². The summed E-state index contributed by atoms with van der Waals surface area (Å²) in [5.74, 6) is -2.90. The Kier molecular flexibility index (Phi) is 11.5. The van der Waals surface area contributed by atoms with Crippen molar-refractivity contribution in [2.75, 3.05) is 6.61 Å². The fraction of sp³-hybridized carbons (Fsp3) is 0.825. The highest BCUT2D eigenvalue weighted by molar-refractivity contribution is 6.01. The maximum Gasteiger partial charge on any atom is 0.306 e. The molecule has 8 atom stereocenters. The number of aliphatic hydroxyl groups excluding tert-OH is 1. The summed E-state index contributed by atoms with van der Waals surface area (Å²) in [5.41, 5.74) is -4.85. The van der Waals surface area contributed by atoms with Crippen LogP contribution in [0.4, 0.5) is 4.39 Å². The first-order valence-electron chi connectivity index (χ1n) is 19.1. The molecule has 1 heterocycles. The Labute approximate surface area is 287 Å². The third-order valence-electron chi connectivity index (χ3n) is 12.9. The first-order valence-corrected chi connectivity index (χ1v) is 19.1. The minimum absolute atomic E-state index is 0.0100. The second kappa shape index (κ2) is 14.8. The van der Waals surface area contributed by atoms with Crippen LogP contribution in [0.1, 0.15) is 150 Å². The zero-order chi connectivity index (χ0) is 34.8. The molecular formula is C40H61FO7. The molecule has 0 aromatic rings. The summed E-state index contributed by atoms with van der Waals surface area (Å²) >= 11 is 0. The average Bonchev–Trinajstić information content (AvgIpc) is 3.44. The van der Waals surface area contributed by atoms with Gasteiger partial charge in [-0.1, -0.05) is 103 Å². The molecule has 1 saturated heterocycles. The van der Waals surface area contributed by atoms with Crippen molar-refractivity contribution in [3.8, 4) is 0 Å². The Morgan fingerprint density at radius 2 is 1.54 bits per heavy atom. The molecule has 0 aromatic carbocycles. The van der Waals surface area contributed by atoms with Gasteiger partial charge < -0.3 is 19.3 Å². The molecule has 5 aliphatic rings. The van der Waals surface area contributed by atoms with Crippen molar-refractivity contribution in [1.29, 1.82) is 0 Å². The summed E-state index contributed by atoms with van der Waals surface area (Å²) in [6.45, 7) is 9.04. The van der Waals surface area contributed by atoms with Gasteiger partial charge in [0, 0.05) is 23.2 Å². The van der Waals surface area contributed by atoms with Crippen LogP contribution in [0.3, 0.4) is 0 Å². The second-order valence-electron chi connectivity index (χ2n) is 16.4. The van der Waals surface area contributed by atoms with Gasteiger partial charge in [0.1, 0.15) is 0 Å². The summed E-state index contributed by atoms with van der Waals surface area (Å²) < 4.78 is 36.1. The van der Waals surface area contributed by atoms with Crippen molar-refractivity contribution in [1.82, 2.24) is 0 Å². The number of halogens is 1. The molecule has 0 amide bonds. The highest BCUT2D eigenvalue weighted by Gasteiger charge is 2.80. The predicted molar refractivity (Wildman–Crippen MR) is 183 cm³/mol. The highest BCUT2D eigenvalue weighted by atomic mass is 19.1. The number of aliphatic hydroxyl groups is 1. The molecule has 8 heteroatoms. The number of Topliss-reactive ketones (excluding diaryl/α,β-unsaturated/α-hetero) is 1. The Bertz CT molecular complexity index is 1260. The first kappa shape index (κ1) is 37.4. The van der Waals surface area contributed by atoms with E-state index in [0.29, 0.717) is 24.8 Å². The second-order valence-corrected chi connectivity index (χ2v) is 16.4. The fourth-order valence-electron chi connectivity index (χ4n) is 10.4. The zero-order valence-corrected chi connectivity index (χ0v) is 30.3. The summed E-state index contributed by atoms with van der Waals surface area (Å²) in [5, 5.41) is 11.7. The number of esters is 1. The standard InChI is InChI=1S/C40H61FO7/c1-6-7-8-9-10-11-12-13-14-15-16-17-18-19-35(45)46-27-33(44)40-34(47-36(2,3)48-40)25-31-30-21-20-28-24-29(42)22-23-37(28,4)39(30,41)32(43)26-38(31,40)5/h22-24,30-32,34,43H,6-21,25-27H2,1-5H3. The van der Waals surface area contributed by atoms with Crippen molar-refractivity contribution >= 4 is 17.5 Å². The van der Waals surface area contributed by atoms with Crippen LogP contribution in [-0.4, -0.2) is 58.5 Å². The molecule has 8 unspecified atom stereocenters. The zero-order valence-electron chi connectivity index (χ0n) is 30.3. The van der Waals surface area contributed by atoms with E-state index in [0.717, 1.165) is 19.3 Å². The van der Waals surface area contributed by atoms with Crippen LogP contribution >= 0.6 is 0 Å². The molecule has 0 spiro atoms. The molecule has 1 N–H and O–H groups in total. The molecule has 3 saturated carbocycles. The Balaban J connectivity index is 1.15. The van der Waals surface area contributed by atoms with Gasteiger partial charge in [0.25, 0.3) is 0 Å². The molecular weight excluding hydrogens is 611 g/mol. The lowest BCUT2D eigenvalue weighted by molar-refractivity contribution is -0.246. The van der Waals surface area contributed by atoms with Crippen LogP contribution in [0.5, 0.6) is 0 Å². The van der Waals surface area contributed by atoms with Gasteiger partial charge >= 0.3 is 5.97 Å². The number of hydrogen-bond donors (Lipinski definition) is 1. The molecule has 0 aromatic heterocycles. The van der Waals surface area contributed by atoms with E-state index in [4.69, 9.17) is 14.2 Å². The van der Waals surface area contributed by atoms with E-state index < -0.39 is 58.6 Å². The number of carbonyl (C=O) groups excluding carboxylic acids is 3. The Morgan fingerprint density at radius 1 is 0.938 bits per heavy atom. The van der Waals surface area contributed by atoms with Gasteiger partial charge in [-0.25, -0.2) is 4.39 Å². The van der Waals surface area contributed by atoms with Crippen LogP contribution in [0.15, 0.2) is 23.8 Å². The van der Waals surface area contributed by atoms with E-state index in [-0.39, 0.29) is 30.3 Å². The lowest BCUT2D eigenvalue weighted by Gasteiger charge is -2.62. The molecule has 5 rings (SSSR count). The van der Waals surface area contributed by atoms with Crippen molar-refractivity contribution in [3.05, 3.63) is 23.8 Å². The largest absolute Gasteiger partial charge is 0.458 e. The van der Waals surface area contributed by atoms with Crippen LogP contribution < -0.4 is 0 Å². The average molecular weight is 673 g/mol. The molecule has 48 heavy (non-hydrogen) atoms. The van der Waals surface area contributed by atoms with Crippen LogP contribution in [0, 0.1) is 22.7 Å². The van der Waals surface area contributed by atoms with Gasteiger partial charge in [0.05, 0.1) is 12.2 Å². The first-order chi connectivity index (χ1) is 22.7. The topological polar surface area (TPSA) is 99.1 Å². The smallest absolute Gasteiger partial charge is 0.306 e. The predicted octanol–water partition coefficient (Wildman–Crippen LogP) is 8.45. The molecule has 270 valence electrons. The highest BCUT2D eigenvalue weighted by Crippen LogP contribution is 2.72. The van der Waals surface area contributed by atoms with Gasteiger partial charge in [-0.2, -0.15) is 0 Å². The molecule has 1 aliphatic heterocycles. The summed E-state index contributed by atoms with van der Waals surface area (Å²) in [6, 6.07) is 0. The van der Waals surface area contributed by atoms with E-state index in [1.54, 1.807) is 26.8 Å². The summed E-state index contributed by atoms with van der Waals surface area (Å²) in [4.78, 5) is 39.2. The number of allylic oxidation sites excluding steroid dienone is 4. The Hall–Kier alpha value is -1.90. The third kappa shape index (κ3) is 6.64. The SMILES string of the molecule is CCCCCCCCCCCCCCCC(=O)OCC(=O)C12OC(C)(C)OC1CC1C3CCC4=CC(=O)C=CC4(C)C3(F)C(O)CC12C. The molecule has 7 nitrogen and oxygen atoms in total. The number of hydrogen-bond acceptors (Lipinski definition) is 7. The van der Waals surface area contributed by atoms with Crippen molar-refractivity contribution in [2.24, 2.45) is 22.7 Å². The lowest BCUT2D eigenvalue weighted by Crippen LogP contribution is -2.70. The molecule has 4 fully saturated rings. The molecule has 4 aliphatic carbocycles. The van der Waals surface area contributed by atoms with E-state index in [9.17, 15) is 19.5 Å². The van der Waals surface area contributed by atoms with E-state index >= 15 is 4.39 Å².